The van der Waals surface area contributed by atoms with Gasteiger partial charge in [-0.3, -0.25) is 4.79 Å². The van der Waals surface area contributed by atoms with E-state index in [-0.39, 0.29) is 36.2 Å². The highest BCUT2D eigenvalue weighted by molar-refractivity contribution is 7.92. The summed E-state index contributed by atoms with van der Waals surface area (Å²) in [6.07, 6.45) is 9.44. The first kappa shape index (κ1) is 26.9. The largest absolute Gasteiger partial charge is 0.351 e. The lowest BCUT2D eigenvalue weighted by Gasteiger charge is -2.23. The van der Waals surface area contributed by atoms with E-state index < -0.39 is 15.1 Å². The monoisotopic (exact) mass is 453 g/mol. The number of benzene rings is 1. The van der Waals surface area contributed by atoms with Gasteiger partial charge in [0.15, 0.2) is 9.84 Å². The Morgan fingerprint density at radius 1 is 1.03 bits per heavy atom. The van der Waals surface area contributed by atoms with E-state index in [9.17, 15) is 13.2 Å². The molecular weight excluding hydrogens is 420 g/mol. The summed E-state index contributed by atoms with van der Waals surface area (Å²) < 4.78 is 25.9. The molecule has 1 saturated carbocycles. The van der Waals surface area contributed by atoms with Crippen LogP contribution in [0.3, 0.4) is 0 Å². The lowest BCUT2D eigenvalue weighted by molar-refractivity contribution is 0.0954. The van der Waals surface area contributed by atoms with Crippen LogP contribution < -0.4 is 10.6 Å². The molecule has 3 rings (SSSR count). The predicted octanol–water partition coefficient (Wildman–Crippen LogP) is 4.57. The van der Waals surface area contributed by atoms with Gasteiger partial charge in [-0.2, -0.15) is 0 Å². The molecule has 2 aliphatic rings. The van der Waals surface area contributed by atoms with Gasteiger partial charge >= 0.3 is 0 Å². The molecule has 0 aromatic heterocycles. The van der Waals surface area contributed by atoms with Crippen molar-refractivity contribution in [3.05, 3.63) is 49.6 Å². The lowest BCUT2D eigenvalue weighted by Crippen LogP contribution is -2.36. The van der Waals surface area contributed by atoms with Gasteiger partial charge in [-0.05, 0) is 62.9 Å². The number of carbonyl (C=O) groups excluding carboxylic acids is 1. The number of carbonyl (C=O) groups is 1. The minimum Gasteiger partial charge on any atom is -0.351 e. The van der Waals surface area contributed by atoms with E-state index in [1.54, 1.807) is 0 Å². The van der Waals surface area contributed by atoms with Crippen LogP contribution >= 0.6 is 11.6 Å². The Bertz CT molecular complexity index is 769. The number of rotatable bonds is 5. The molecule has 5 radical (unpaired) electrons. The van der Waals surface area contributed by atoms with Crippen molar-refractivity contribution < 1.29 is 13.2 Å². The SMILES string of the molecule is O=C(NC[C]1CCCCCCC1)c1cc(S(=O)(=O)C2CCNCC2)ccc1Cl.[CH2].[CH2]. The van der Waals surface area contributed by atoms with Crippen molar-refractivity contribution in [2.24, 2.45) is 0 Å². The van der Waals surface area contributed by atoms with E-state index in [2.05, 4.69) is 10.6 Å². The number of amides is 1. The summed E-state index contributed by atoms with van der Waals surface area (Å²) in [5.74, 6) is 1.06. The van der Waals surface area contributed by atoms with Crippen molar-refractivity contribution >= 4 is 27.3 Å². The zero-order valence-corrected chi connectivity index (χ0v) is 19.3. The maximum atomic E-state index is 12.9. The summed E-state index contributed by atoms with van der Waals surface area (Å²) in [4.78, 5) is 12.9. The number of hydrogen-bond acceptors (Lipinski definition) is 4. The van der Waals surface area contributed by atoms with Crippen LogP contribution in [0.5, 0.6) is 0 Å². The van der Waals surface area contributed by atoms with Gasteiger partial charge in [-0.25, -0.2) is 8.42 Å². The van der Waals surface area contributed by atoms with Crippen molar-refractivity contribution in [1.29, 1.82) is 0 Å². The Labute approximate surface area is 188 Å². The minimum atomic E-state index is -3.46. The van der Waals surface area contributed by atoms with Gasteiger partial charge in [0, 0.05) is 6.54 Å². The van der Waals surface area contributed by atoms with Crippen LogP contribution in [0, 0.1) is 20.8 Å². The third-order valence-corrected chi connectivity index (χ3v) is 8.39. The first-order chi connectivity index (χ1) is 13.5. The van der Waals surface area contributed by atoms with Gasteiger partial charge < -0.3 is 10.6 Å². The van der Waals surface area contributed by atoms with Crippen LogP contribution in [-0.2, 0) is 9.84 Å². The number of piperidine rings is 1. The molecule has 1 saturated heterocycles. The highest BCUT2D eigenvalue weighted by Gasteiger charge is 2.30. The van der Waals surface area contributed by atoms with Gasteiger partial charge in [0.2, 0.25) is 0 Å². The van der Waals surface area contributed by atoms with Crippen LogP contribution in [0.25, 0.3) is 0 Å². The standard InChI is InChI=1S/C21H30ClN2O3S.2CH2/c22-20-9-8-18(28(26,27)17-10-12-23-13-11-17)14-19(20)21(25)24-15-16-6-4-2-1-3-5-7-16;;/h8-9,14,17,23H,1-7,10-13,15H2,(H,24,25);2*1H2. The molecule has 5 nitrogen and oxygen atoms in total. The van der Waals surface area contributed by atoms with Gasteiger partial charge in [0.25, 0.3) is 5.91 Å². The Kier molecular flexibility index (Phi) is 11.4. The summed E-state index contributed by atoms with van der Waals surface area (Å²) in [5, 5.41) is 6.01. The molecule has 1 heterocycles. The van der Waals surface area contributed by atoms with Gasteiger partial charge in [-0.15, -0.1) is 0 Å². The zero-order valence-electron chi connectivity index (χ0n) is 17.7. The van der Waals surface area contributed by atoms with E-state index in [0.29, 0.717) is 32.5 Å². The van der Waals surface area contributed by atoms with Crippen LogP contribution in [0.1, 0.15) is 68.1 Å². The second kappa shape index (κ2) is 12.7. The molecule has 167 valence electrons. The fourth-order valence-corrected chi connectivity index (χ4v) is 6.02. The van der Waals surface area contributed by atoms with E-state index in [1.165, 1.54) is 56.2 Å². The van der Waals surface area contributed by atoms with Gasteiger partial charge in [0.1, 0.15) is 0 Å². The van der Waals surface area contributed by atoms with Crippen molar-refractivity contribution in [3.63, 3.8) is 0 Å². The molecule has 0 bridgehead atoms. The zero-order chi connectivity index (χ0) is 20.0. The lowest BCUT2D eigenvalue weighted by atomic mass is 9.91. The fourth-order valence-electron chi connectivity index (χ4n) is 4.04. The molecule has 30 heavy (non-hydrogen) atoms. The van der Waals surface area contributed by atoms with Gasteiger partial charge in [-0.1, -0.05) is 58.6 Å². The van der Waals surface area contributed by atoms with E-state index in [0.717, 1.165) is 12.8 Å². The molecule has 2 fully saturated rings. The number of halogens is 1. The van der Waals surface area contributed by atoms with Gasteiger partial charge in [0.05, 0.1) is 20.7 Å². The molecule has 0 spiro atoms. The summed E-state index contributed by atoms with van der Waals surface area (Å²) in [6.45, 7) is 1.94. The summed E-state index contributed by atoms with van der Waals surface area (Å²) in [5.41, 5.74) is 0.239. The van der Waals surface area contributed by atoms with Crippen molar-refractivity contribution in [2.45, 2.75) is 67.9 Å². The molecule has 7 heteroatoms. The summed E-state index contributed by atoms with van der Waals surface area (Å²) >= 11 is 6.22. The van der Waals surface area contributed by atoms with Crippen molar-refractivity contribution in [2.75, 3.05) is 19.6 Å². The van der Waals surface area contributed by atoms with Crippen molar-refractivity contribution in [1.82, 2.24) is 10.6 Å². The van der Waals surface area contributed by atoms with Crippen LogP contribution in [-0.4, -0.2) is 39.2 Å². The second-order valence-electron chi connectivity index (χ2n) is 7.84. The van der Waals surface area contributed by atoms with E-state index in [1.807, 2.05) is 0 Å². The second-order valence-corrected chi connectivity index (χ2v) is 10.5. The van der Waals surface area contributed by atoms with Crippen molar-refractivity contribution in [3.8, 4) is 0 Å². The fraction of sp³-hybridized carbons (Fsp3) is 0.565. The molecular formula is C23H34ClN2O3S. The molecule has 1 amide bonds. The molecule has 0 unspecified atom stereocenters. The Hall–Kier alpha value is -1.11. The Morgan fingerprint density at radius 2 is 1.63 bits per heavy atom. The maximum Gasteiger partial charge on any atom is 0.252 e. The molecule has 2 N–H and O–H groups in total. The molecule has 1 aliphatic heterocycles. The number of hydrogen-bond donors (Lipinski definition) is 2. The Balaban J connectivity index is 0.00000225. The highest BCUT2D eigenvalue weighted by Crippen LogP contribution is 2.27. The molecule has 1 aromatic rings. The quantitative estimate of drug-likeness (QED) is 0.684. The first-order valence-corrected chi connectivity index (χ1v) is 12.3. The minimum absolute atomic E-state index is 0. The topological polar surface area (TPSA) is 75.3 Å². The average molecular weight is 454 g/mol. The normalized spacial score (nSPS) is 19.0. The molecule has 1 aromatic carbocycles. The van der Waals surface area contributed by atoms with Crippen LogP contribution in [0.2, 0.25) is 5.02 Å². The van der Waals surface area contributed by atoms with E-state index >= 15 is 0 Å². The maximum absolute atomic E-state index is 12.9. The highest BCUT2D eigenvalue weighted by atomic mass is 35.5. The molecule has 1 aliphatic carbocycles. The molecule has 0 atom stereocenters. The first-order valence-electron chi connectivity index (χ1n) is 10.3. The third-order valence-electron chi connectivity index (χ3n) is 5.80. The number of sulfone groups is 1. The third kappa shape index (κ3) is 6.96. The van der Waals surface area contributed by atoms with Crippen LogP contribution in [0.15, 0.2) is 23.1 Å². The van der Waals surface area contributed by atoms with Crippen LogP contribution in [0.4, 0.5) is 0 Å². The predicted molar refractivity (Wildman–Crippen MR) is 123 cm³/mol. The summed E-state index contributed by atoms with van der Waals surface area (Å²) in [6, 6.07) is 4.48. The summed E-state index contributed by atoms with van der Waals surface area (Å²) in [7, 11) is -3.46. The average Bonchev–Trinajstić information content (AvgIpc) is 2.68. The number of nitrogens with one attached hydrogen (secondary N) is 2. The smallest absolute Gasteiger partial charge is 0.252 e. The Morgan fingerprint density at radius 3 is 2.27 bits per heavy atom. The van der Waals surface area contributed by atoms with E-state index in [4.69, 9.17) is 11.6 Å².